The van der Waals surface area contributed by atoms with Crippen LogP contribution in [0.3, 0.4) is 0 Å². The minimum atomic E-state index is 0.689. The monoisotopic (exact) mass is 223 g/mol. The topological polar surface area (TPSA) is 39.1 Å². The molecule has 0 saturated heterocycles. The average molecular weight is 223 g/mol. The molecule has 1 N–H and O–H groups in total. The zero-order valence-corrected chi connectivity index (χ0v) is 10.6. The Morgan fingerprint density at radius 3 is 2.75 bits per heavy atom. The van der Waals surface area contributed by atoms with Gasteiger partial charge in [0.25, 0.3) is 0 Å². The van der Waals surface area contributed by atoms with E-state index in [9.17, 15) is 0 Å². The second-order valence-corrected chi connectivity index (χ2v) is 4.61. The summed E-state index contributed by atoms with van der Waals surface area (Å²) in [5.74, 6) is 1.71. The molecule has 1 saturated carbocycles. The van der Waals surface area contributed by atoms with E-state index in [0.717, 1.165) is 30.5 Å². The molecule has 0 amide bonds. The molecule has 0 aliphatic heterocycles. The highest BCUT2D eigenvalue weighted by atomic mass is 16.5. The van der Waals surface area contributed by atoms with Crippen molar-refractivity contribution in [1.29, 1.82) is 0 Å². The van der Waals surface area contributed by atoms with E-state index in [1.165, 1.54) is 12.0 Å². The molecule has 1 aliphatic rings. The van der Waals surface area contributed by atoms with Gasteiger partial charge in [-0.3, -0.25) is 0 Å². The predicted octanol–water partition coefficient (Wildman–Crippen LogP) is 1.49. The van der Waals surface area contributed by atoms with Crippen molar-refractivity contribution < 1.29 is 4.74 Å². The first-order valence-corrected chi connectivity index (χ1v) is 5.99. The van der Waals surface area contributed by atoms with Crippen LogP contribution in [0.15, 0.2) is 0 Å². The van der Waals surface area contributed by atoms with Gasteiger partial charge in [0.15, 0.2) is 0 Å². The van der Waals surface area contributed by atoms with E-state index in [0.29, 0.717) is 6.04 Å². The highest BCUT2D eigenvalue weighted by Crippen LogP contribution is 2.30. The van der Waals surface area contributed by atoms with Crippen molar-refractivity contribution >= 4 is 0 Å². The normalized spacial score (nSPS) is 23.5. The Morgan fingerprint density at radius 1 is 1.56 bits per heavy atom. The van der Waals surface area contributed by atoms with E-state index >= 15 is 0 Å². The Bertz CT molecular complexity index is 373. The Labute approximate surface area is 97.0 Å². The van der Waals surface area contributed by atoms with E-state index < -0.39 is 0 Å². The van der Waals surface area contributed by atoms with Crippen molar-refractivity contribution in [1.82, 2.24) is 15.1 Å². The van der Waals surface area contributed by atoms with Crippen LogP contribution in [0.2, 0.25) is 0 Å². The molecule has 0 bridgehead atoms. The summed E-state index contributed by atoms with van der Waals surface area (Å²) in [5, 5.41) is 8.02. The first kappa shape index (κ1) is 11.5. The summed E-state index contributed by atoms with van der Waals surface area (Å²) < 4.78 is 7.22. The van der Waals surface area contributed by atoms with E-state index in [1.807, 2.05) is 11.7 Å². The molecule has 4 heteroatoms. The average Bonchev–Trinajstić information content (AvgIpc) is 2.87. The van der Waals surface area contributed by atoms with Crippen molar-refractivity contribution in [2.75, 3.05) is 7.11 Å². The summed E-state index contributed by atoms with van der Waals surface area (Å²) in [7, 11) is 3.64. The van der Waals surface area contributed by atoms with Crippen LogP contribution in [0, 0.1) is 5.92 Å². The van der Waals surface area contributed by atoms with Crippen LogP contribution in [0.4, 0.5) is 0 Å². The third-order valence-corrected chi connectivity index (χ3v) is 3.35. The largest absolute Gasteiger partial charge is 0.481 e. The molecule has 2 unspecified atom stereocenters. The van der Waals surface area contributed by atoms with E-state index in [2.05, 4.69) is 24.3 Å². The Balaban J connectivity index is 2.10. The number of hydrogen-bond acceptors (Lipinski definition) is 3. The van der Waals surface area contributed by atoms with Crippen LogP contribution >= 0.6 is 0 Å². The summed E-state index contributed by atoms with van der Waals surface area (Å²) >= 11 is 0. The van der Waals surface area contributed by atoms with Gasteiger partial charge in [-0.1, -0.05) is 13.8 Å². The van der Waals surface area contributed by atoms with Crippen molar-refractivity contribution in [2.24, 2.45) is 13.0 Å². The zero-order chi connectivity index (χ0) is 11.7. The number of rotatable bonds is 5. The Hall–Kier alpha value is -1.03. The molecular weight excluding hydrogens is 202 g/mol. The number of hydrogen-bond donors (Lipinski definition) is 1. The molecule has 0 spiro atoms. The number of nitrogens with one attached hydrogen (secondary N) is 1. The quantitative estimate of drug-likeness (QED) is 0.822. The number of ether oxygens (including phenoxy) is 1. The lowest BCUT2D eigenvalue weighted by molar-refractivity contribution is 0.367. The molecule has 2 rings (SSSR count). The van der Waals surface area contributed by atoms with Gasteiger partial charge < -0.3 is 10.1 Å². The van der Waals surface area contributed by atoms with E-state index in [4.69, 9.17) is 4.74 Å². The van der Waals surface area contributed by atoms with Gasteiger partial charge in [-0.25, -0.2) is 4.68 Å². The van der Waals surface area contributed by atoms with Crippen molar-refractivity contribution in [3.8, 4) is 5.88 Å². The second-order valence-electron chi connectivity index (χ2n) is 4.61. The zero-order valence-electron chi connectivity index (χ0n) is 10.6. The van der Waals surface area contributed by atoms with Gasteiger partial charge in [0.2, 0.25) is 5.88 Å². The van der Waals surface area contributed by atoms with E-state index in [-0.39, 0.29) is 0 Å². The van der Waals surface area contributed by atoms with Crippen molar-refractivity contribution in [2.45, 2.75) is 39.3 Å². The molecule has 1 aromatic rings. The Kier molecular flexibility index (Phi) is 3.19. The molecule has 1 aromatic heterocycles. The lowest BCUT2D eigenvalue weighted by atomic mass is 10.2. The first-order chi connectivity index (χ1) is 7.67. The van der Waals surface area contributed by atoms with Crippen LogP contribution in [0.1, 0.15) is 31.5 Å². The summed E-state index contributed by atoms with van der Waals surface area (Å²) in [6.45, 7) is 5.28. The molecule has 16 heavy (non-hydrogen) atoms. The third-order valence-electron chi connectivity index (χ3n) is 3.35. The van der Waals surface area contributed by atoms with Crippen LogP contribution in [0.5, 0.6) is 5.88 Å². The highest BCUT2D eigenvalue weighted by molar-refractivity contribution is 5.31. The lowest BCUT2D eigenvalue weighted by Crippen LogP contribution is -2.18. The summed E-state index contributed by atoms with van der Waals surface area (Å²) in [4.78, 5) is 0. The lowest BCUT2D eigenvalue weighted by Gasteiger charge is -2.06. The molecular formula is C12H21N3O. The molecule has 1 fully saturated rings. The fourth-order valence-corrected chi connectivity index (χ4v) is 2.16. The second kappa shape index (κ2) is 4.45. The van der Waals surface area contributed by atoms with Gasteiger partial charge in [0.1, 0.15) is 0 Å². The van der Waals surface area contributed by atoms with Gasteiger partial charge in [-0.15, -0.1) is 0 Å². The first-order valence-electron chi connectivity index (χ1n) is 5.99. The SMILES string of the molecule is CCc1nn(C)c(OC)c1CNC1CC1C. The van der Waals surface area contributed by atoms with Gasteiger partial charge in [-0.05, 0) is 18.8 Å². The van der Waals surface area contributed by atoms with Crippen LogP contribution in [0.25, 0.3) is 0 Å². The minimum Gasteiger partial charge on any atom is -0.481 e. The van der Waals surface area contributed by atoms with Crippen molar-refractivity contribution in [3.05, 3.63) is 11.3 Å². The molecule has 1 aliphatic carbocycles. The minimum absolute atomic E-state index is 0.689. The predicted molar refractivity (Wildman–Crippen MR) is 63.5 cm³/mol. The maximum Gasteiger partial charge on any atom is 0.216 e. The van der Waals surface area contributed by atoms with Crippen LogP contribution in [-0.2, 0) is 20.0 Å². The fourth-order valence-electron chi connectivity index (χ4n) is 2.16. The van der Waals surface area contributed by atoms with Crippen LogP contribution < -0.4 is 10.1 Å². The molecule has 2 atom stereocenters. The maximum absolute atomic E-state index is 5.40. The molecule has 90 valence electrons. The summed E-state index contributed by atoms with van der Waals surface area (Å²) in [6.07, 6.45) is 2.25. The molecule has 0 aromatic carbocycles. The van der Waals surface area contributed by atoms with Gasteiger partial charge in [0, 0.05) is 19.6 Å². The maximum atomic E-state index is 5.40. The highest BCUT2D eigenvalue weighted by Gasteiger charge is 2.32. The van der Waals surface area contributed by atoms with Gasteiger partial charge >= 0.3 is 0 Å². The fraction of sp³-hybridized carbons (Fsp3) is 0.750. The Morgan fingerprint density at radius 2 is 2.25 bits per heavy atom. The molecule has 4 nitrogen and oxygen atoms in total. The van der Waals surface area contributed by atoms with E-state index in [1.54, 1.807) is 7.11 Å². The van der Waals surface area contributed by atoms with Crippen LogP contribution in [-0.4, -0.2) is 22.9 Å². The van der Waals surface area contributed by atoms with Gasteiger partial charge in [0.05, 0.1) is 18.4 Å². The number of nitrogens with zero attached hydrogens (tertiary/aromatic N) is 2. The third kappa shape index (κ3) is 2.07. The number of aryl methyl sites for hydroxylation is 2. The number of methoxy groups -OCH3 is 1. The molecule has 0 radical (unpaired) electrons. The smallest absolute Gasteiger partial charge is 0.216 e. The van der Waals surface area contributed by atoms with Crippen molar-refractivity contribution in [3.63, 3.8) is 0 Å². The standard InChI is InChI=1S/C12H21N3O/c1-5-10-9(7-13-11-6-8(11)2)12(16-4)15(3)14-10/h8,11,13H,5-7H2,1-4H3. The van der Waals surface area contributed by atoms with Gasteiger partial charge in [-0.2, -0.15) is 5.10 Å². The summed E-state index contributed by atoms with van der Waals surface area (Å²) in [6, 6.07) is 0.689. The number of aromatic nitrogens is 2. The summed E-state index contributed by atoms with van der Waals surface area (Å²) in [5.41, 5.74) is 2.35. The molecule has 1 heterocycles.